The largest absolute Gasteiger partial charge is 0.378 e. The topological polar surface area (TPSA) is 17.0 Å². The number of fused-ring (bicyclic) bond motifs is 16. The standard InChI is InChI=1S/C83H68N2/c1-82(2,3)63-43-38-56(39-44-63)55-32-34-58(35-33-55)78(53-62-20-17-30-77-81(62)72-26-11-15-29-76(72)83(77)74-27-13-9-23-69(74)70-24-10-14-28-75(70)83)84-64-45-40-57(41-46-64)59-42-49-80-73(52-59)71-25-12-16-31-79(71)85(80)65-47-48-67-61(51-65)37-36-60(50-54-18-5-4-6-19-54)66-21-7-8-22-68(66)67/h4-35,38-47,49,51-52,60,67,78,84H,36-37,48,50,53H2,1-3H3. The van der Waals surface area contributed by atoms with Gasteiger partial charge < -0.3 is 9.88 Å². The molecule has 3 unspecified atom stereocenters. The minimum Gasteiger partial charge on any atom is -0.378 e. The van der Waals surface area contributed by atoms with Gasteiger partial charge in [0.05, 0.1) is 22.5 Å². The van der Waals surface area contributed by atoms with Crippen LogP contribution in [0.25, 0.3) is 72.0 Å². The molecule has 1 spiro atoms. The Bertz CT molecular complexity index is 4570. The minimum absolute atomic E-state index is 0.0215. The number of hydrogen-bond donors (Lipinski definition) is 1. The number of aromatic nitrogens is 1. The fourth-order valence-corrected chi connectivity index (χ4v) is 15.6. The van der Waals surface area contributed by atoms with Crippen molar-refractivity contribution in [1.82, 2.24) is 4.57 Å². The number of allylic oxidation sites excluding steroid dienone is 4. The maximum Gasteiger partial charge on any atom is 0.0725 e. The van der Waals surface area contributed by atoms with Crippen LogP contribution in [0.3, 0.4) is 0 Å². The summed E-state index contributed by atoms with van der Waals surface area (Å²) in [5.74, 6) is 0.915. The summed E-state index contributed by atoms with van der Waals surface area (Å²) in [5.41, 5.74) is 30.3. The lowest BCUT2D eigenvalue weighted by atomic mass is 9.70. The Morgan fingerprint density at radius 1 is 0.506 bits per heavy atom. The molecule has 0 amide bonds. The van der Waals surface area contributed by atoms with E-state index in [-0.39, 0.29) is 16.9 Å². The van der Waals surface area contributed by atoms with Gasteiger partial charge in [-0.1, -0.05) is 263 Å². The van der Waals surface area contributed by atoms with Crippen LogP contribution in [0.2, 0.25) is 0 Å². The van der Waals surface area contributed by atoms with Crippen molar-refractivity contribution < 1.29 is 0 Å². The maximum absolute atomic E-state index is 4.13. The first-order valence-electron chi connectivity index (χ1n) is 30.8. The van der Waals surface area contributed by atoms with Crippen LogP contribution in [0.4, 0.5) is 5.69 Å². The van der Waals surface area contributed by atoms with Gasteiger partial charge in [0.15, 0.2) is 0 Å². The summed E-state index contributed by atoms with van der Waals surface area (Å²) in [4.78, 5) is 0. The highest BCUT2D eigenvalue weighted by molar-refractivity contribution is 6.11. The highest BCUT2D eigenvalue weighted by Crippen LogP contribution is 2.63. The monoisotopic (exact) mass is 1090 g/mol. The molecule has 4 aliphatic rings. The van der Waals surface area contributed by atoms with E-state index in [0.717, 1.165) is 37.8 Å². The summed E-state index contributed by atoms with van der Waals surface area (Å²) < 4.78 is 2.53. The molecule has 85 heavy (non-hydrogen) atoms. The summed E-state index contributed by atoms with van der Waals surface area (Å²) in [6.45, 7) is 6.84. The van der Waals surface area contributed by atoms with E-state index in [1.165, 1.54) is 128 Å². The highest BCUT2D eigenvalue weighted by Gasteiger charge is 2.52. The molecule has 0 bridgehead atoms. The van der Waals surface area contributed by atoms with Gasteiger partial charge in [0.25, 0.3) is 0 Å². The Balaban J connectivity index is 0.733. The normalized spacial score (nSPS) is 16.6. The summed E-state index contributed by atoms with van der Waals surface area (Å²) in [5, 5.41) is 6.70. The molecular weight excluding hydrogens is 1020 g/mol. The fraction of sp³-hybridized carbons (Fsp3) is 0.157. The number of para-hydroxylation sites is 1. The van der Waals surface area contributed by atoms with Crippen LogP contribution in [0.5, 0.6) is 0 Å². The lowest BCUT2D eigenvalue weighted by molar-refractivity contribution is 0.590. The van der Waals surface area contributed by atoms with Crippen LogP contribution in [-0.2, 0) is 23.7 Å². The molecule has 3 atom stereocenters. The Morgan fingerprint density at radius 2 is 1.08 bits per heavy atom. The molecule has 0 fully saturated rings. The summed E-state index contributed by atoms with van der Waals surface area (Å²) in [6, 6.07) is 98.7. The van der Waals surface area contributed by atoms with Gasteiger partial charge in [0.1, 0.15) is 0 Å². The quantitative estimate of drug-likeness (QED) is 0.144. The van der Waals surface area contributed by atoms with Crippen molar-refractivity contribution in [2.75, 3.05) is 5.32 Å². The van der Waals surface area contributed by atoms with Crippen LogP contribution in [-0.4, -0.2) is 4.57 Å². The van der Waals surface area contributed by atoms with Crippen LogP contribution in [0, 0.1) is 0 Å². The zero-order valence-electron chi connectivity index (χ0n) is 48.7. The zero-order chi connectivity index (χ0) is 56.8. The van der Waals surface area contributed by atoms with Gasteiger partial charge in [0.2, 0.25) is 0 Å². The molecule has 2 heteroatoms. The third kappa shape index (κ3) is 8.51. The number of anilines is 1. The first-order valence-corrected chi connectivity index (χ1v) is 30.8. The molecule has 1 N–H and O–H groups in total. The molecule has 0 saturated carbocycles. The number of rotatable bonds is 10. The second kappa shape index (κ2) is 20.4. The van der Waals surface area contributed by atoms with E-state index >= 15 is 0 Å². The minimum atomic E-state index is -0.389. The van der Waals surface area contributed by atoms with Crippen molar-refractivity contribution in [1.29, 1.82) is 0 Å². The molecule has 4 aliphatic carbocycles. The van der Waals surface area contributed by atoms with E-state index in [9.17, 15) is 0 Å². The van der Waals surface area contributed by atoms with Crippen LogP contribution < -0.4 is 5.32 Å². The Labute approximate surface area is 500 Å². The SMILES string of the molecule is CC(C)(C)c1ccc(-c2ccc(C(Cc3cccc4c3-c3ccccc3C43c4ccccc4-c4ccccc43)Nc3ccc(-c4ccc5c(c4)c4ccccc4n5C4=CCC5C(=C4)CCC(Cc4ccccc4)c4ccccc45)cc3)cc2)cc1. The molecule has 12 aromatic rings. The molecule has 2 nitrogen and oxygen atoms in total. The molecule has 410 valence electrons. The predicted molar refractivity (Wildman–Crippen MR) is 357 cm³/mol. The second-order valence-electron chi connectivity index (χ2n) is 25.4. The van der Waals surface area contributed by atoms with Crippen molar-refractivity contribution in [2.24, 2.45) is 0 Å². The number of nitrogens with zero attached hydrogens (tertiary/aromatic N) is 1. The lowest BCUT2D eigenvalue weighted by Gasteiger charge is -2.30. The summed E-state index contributed by atoms with van der Waals surface area (Å²) >= 11 is 0. The average molecular weight is 1090 g/mol. The number of hydrogen-bond acceptors (Lipinski definition) is 1. The third-order valence-corrected chi connectivity index (χ3v) is 19.7. The molecule has 0 aliphatic heterocycles. The van der Waals surface area contributed by atoms with Gasteiger partial charge in [0, 0.05) is 28.1 Å². The van der Waals surface area contributed by atoms with Crippen molar-refractivity contribution in [3.05, 3.63) is 334 Å². The molecule has 1 aromatic heterocycles. The van der Waals surface area contributed by atoms with Crippen molar-refractivity contribution in [2.45, 2.75) is 81.6 Å². The lowest BCUT2D eigenvalue weighted by Crippen LogP contribution is -2.25. The van der Waals surface area contributed by atoms with E-state index in [1.54, 1.807) is 5.57 Å². The number of nitrogens with one attached hydrogen (secondary N) is 1. The van der Waals surface area contributed by atoms with Gasteiger partial charge in [-0.05, 0) is 180 Å². The first kappa shape index (κ1) is 51.2. The van der Waals surface area contributed by atoms with Gasteiger partial charge in [-0.25, -0.2) is 0 Å². The molecule has 1 heterocycles. The van der Waals surface area contributed by atoms with Crippen molar-refractivity contribution in [3.63, 3.8) is 0 Å². The maximum atomic E-state index is 4.13. The van der Waals surface area contributed by atoms with Crippen LogP contribution in [0.1, 0.15) is 114 Å². The molecule has 0 radical (unpaired) electrons. The smallest absolute Gasteiger partial charge is 0.0725 e. The fourth-order valence-electron chi connectivity index (χ4n) is 15.6. The van der Waals surface area contributed by atoms with Crippen molar-refractivity contribution >= 4 is 33.2 Å². The van der Waals surface area contributed by atoms with E-state index in [0.29, 0.717) is 11.8 Å². The average Bonchev–Trinajstić information content (AvgIpc) is 1.53. The number of benzene rings is 11. The Kier molecular flexibility index (Phi) is 12.3. The van der Waals surface area contributed by atoms with Crippen molar-refractivity contribution in [3.8, 4) is 44.5 Å². The van der Waals surface area contributed by atoms with Crippen LogP contribution in [0.15, 0.2) is 279 Å². The van der Waals surface area contributed by atoms with Gasteiger partial charge in [-0.3, -0.25) is 0 Å². The van der Waals surface area contributed by atoms with Gasteiger partial charge in [-0.15, -0.1) is 0 Å². The van der Waals surface area contributed by atoms with E-state index in [2.05, 4.69) is 304 Å². The summed E-state index contributed by atoms with van der Waals surface area (Å²) in [6.07, 6.45) is 10.2. The van der Waals surface area contributed by atoms with E-state index < -0.39 is 0 Å². The first-order chi connectivity index (χ1) is 41.8. The Hall–Kier alpha value is -9.50. The van der Waals surface area contributed by atoms with E-state index in [1.807, 2.05) is 0 Å². The summed E-state index contributed by atoms with van der Waals surface area (Å²) in [7, 11) is 0. The second-order valence-corrected chi connectivity index (χ2v) is 25.4. The van der Waals surface area contributed by atoms with Crippen LogP contribution >= 0.6 is 0 Å². The van der Waals surface area contributed by atoms with Gasteiger partial charge >= 0.3 is 0 Å². The third-order valence-electron chi connectivity index (χ3n) is 19.7. The van der Waals surface area contributed by atoms with E-state index in [4.69, 9.17) is 0 Å². The molecular formula is C83H68N2. The van der Waals surface area contributed by atoms with Gasteiger partial charge in [-0.2, -0.15) is 0 Å². The molecule has 16 rings (SSSR count). The zero-order valence-corrected chi connectivity index (χ0v) is 48.7. The Morgan fingerprint density at radius 3 is 1.81 bits per heavy atom. The highest BCUT2D eigenvalue weighted by atomic mass is 15.0. The molecule has 11 aromatic carbocycles. The predicted octanol–water partition coefficient (Wildman–Crippen LogP) is 21.2. The molecule has 0 saturated heterocycles.